The third-order valence-electron chi connectivity index (χ3n) is 3.72. The smallest absolute Gasteiger partial charge is 0.223 e. The van der Waals surface area contributed by atoms with E-state index < -0.39 is 0 Å². The average Bonchev–Trinajstić information content (AvgIpc) is 2.55. The summed E-state index contributed by atoms with van der Waals surface area (Å²) in [4.78, 5) is 14.0. The second-order valence-corrected chi connectivity index (χ2v) is 5.14. The average molecular weight is 280 g/mol. The Kier molecular flexibility index (Phi) is 5.09. The van der Waals surface area contributed by atoms with Gasteiger partial charge in [0.15, 0.2) is 0 Å². The van der Waals surface area contributed by atoms with Crippen molar-refractivity contribution in [3.8, 4) is 0 Å². The number of benzene rings is 1. The molecule has 4 nitrogen and oxygen atoms in total. The number of likely N-dealkylation sites (tertiary alicyclic amines) is 1. The van der Waals surface area contributed by atoms with Crippen LogP contribution in [-0.4, -0.2) is 37.1 Å². The van der Waals surface area contributed by atoms with Crippen molar-refractivity contribution in [2.24, 2.45) is 5.73 Å². The van der Waals surface area contributed by atoms with Crippen LogP contribution in [0.25, 0.3) is 0 Å². The topological polar surface area (TPSA) is 55.6 Å². The molecule has 0 aliphatic carbocycles. The van der Waals surface area contributed by atoms with E-state index in [1.165, 1.54) is 12.1 Å². The van der Waals surface area contributed by atoms with Gasteiger partial charge in [-0.2, -0.15) is 0 Å². The highest BCUT2D eigenvalue weighted by Gasteiger charge is 2.32. The Morgan fingerprint density at radius 3 is 3.00 bits per heavy atom. The number of nitrogens with zero attached hydrogens (tertiary/aromatic N) is 1. The third-order valence-corrected chi connectivity index (χ3v) is 3.72. The summed E-state index contributed by atoms with van der Waals surface area (Å²) in [5.41, 5.74) is 6.98. The van der Waals surface area contributed by atoms with E-state index in [-0.39, 0.29) is 23.8 Å². The highest BCUT2D eigenvalue weighted by atomic mass is 19.1. The fourth-order valence-corrected chi connectivity index (χ4v) is 2.75. The van der Waals surface area contributed by atoms with E-state index in [4.69, 9.17) is 10.5 Å². The Bertz CT molecular complexity index is 467. The molecule has 2 N–H and O–H groups in total. The first kappa shape index (κ1) is 14.9. The van der Waals surface area contributed by atoms with E-state index in [1.54, 1.807) is 18.1 Å². The minimum Gasteiger partial charge on any atom is -0.383 e. The molecule has 5 heteroatoms. The minimum absolute atomic E-state index is 0.0595. The minimum atomic E-state index is -0.307. The van der Waals surface area contributed by atoms with Gasteiger partial charge in [-0.05, 0) is 30.5 Å². The van der Waals surface area contributed by atoms with Gasteiger partial charge in [-0.15, -0.1) is 0 Å². The Labute approximate surface area is 118 Å². The molecule has 0 bridgehead atoms. The maximum absolute atomic E-state index is 13.5. The van der Waals surface area contributed by atoms with Crippen LogP contribution in [0.3, 0.4) is 0 Å². The number of nitrogens with two attached hydrogens (primary N) is 1. The summed E-state index contributed by atoms with van der Waals surface area (Å²) in [6, 6.07) is 5.87. The monoisotopic (exact) mass is 280 g/mol. The van der Waals surface area contributed by atoms with E-state index in [9.17, 15) is 9.18 Å². The van der Waals surface area contributed by atoms with Crippen LogP contribution in [0.5, 0.6) is 0 Å². The fourth-order valence-electron chi connectivity index (χ4n) is 2.75. The molecule has 0 spiro atoms. The van der Waals surface area contributed by atoms with Crippen LogP contribution in [0, 0.1) is 5.82 Å². The van der Waals surface area contributed by atoms with Gasteiger partial charge in [0.05, 0.1) is 12.6 Å². The number of hydrogen-bond acceptors (Lipinski definition) is 3. The van der Waals surface area contributed by atoms with Crippen molar-refractivity contribution in [3.63, 3.8) is 0 Å². The van der Waals surface area contributed by atoms with Crippen LogP contribution >= 0.6 is 0 Å². The molecule has 0 aromatic heterocycles. The molecule has 1 fully saturated rings. The molecule has 1 aliphatic heterocycles. The molecule has 2 atom stereocenters. The maximum Gasteiger partial charge on any atom is 0.223 e. The van der Waals surface area contributed by atoms with Gasteiger partial charge in [-0.25, -0.2) is 4.39 Å². The molecule has 2 rings (SSSR count). The van der Waals surface area contributed by atoms with Crippen LogP contribution < -0.4 is 5.73 Å². The molecule has 1 aromatic rings. The first-order valence-corrected chi connectivity index (χ1v) is 6.93. The molecular weight excluding hydrogens is 259 g/mol. The van der Waals surface area contributed by atoms with Crippen molar-refractivity contribution in [2.75, 3.05) is 20.3 Å². The van der Waals surface area contributed by atoms with Gasteiger partial charge >= 0.3 is 0 Å². The zero-order valence-electron chi connectivity index (χ0n) is 11.7. The van der Waals surface area contributed by atoms with E-state index in [0.717, 1.165) is 18.4 Å². The van der Waals surface area contributed by atoms with E-state index in [1.807, 2.05) is 6.07 Å². The van der Waals surface area contributed by atoms with Gasteiger partial charge in [0.2, 0.25) is 5.91 Å². The summed E-state index contributed by atoms with van der Waals surface area (Å²) in [6.45, 7) is 0.925. The maximum atomic E-state index is 13.5. The van der Waals surface area contributed by atoms with Crippen LogP contribution in [0.1, 0.15) is 30.9 Å². The van der Waals surface area contributed by atoms with E-state index in [2.05, 4.69) is 0 Å². The van der Waals surface area contributed by atoms with Crippen molar-refractivity contribution in [1.29, 1.82) is 0 Å². The molecule has 1 amide bonds. The lowest BCUT2D eigenvalue weighted by molar-refractivity contribution is -0.134. The van der Waals surface area contributed by atoms with Crippen LogP contribution in [0.4, 0.5) is 4.39 Å². The summed E-state index contributed by atoms with van der Waals surface area (Å²) in [5.74, 6) is -0.248. The number of carbonyl (C=O) groups is 1. The number of carbonyl (C=O) groups excluding carboxylic acids is 1. The molecule has 1 aliphatic rings. The summed E-state index contributed by atoms with van der Waals surface area (Å²) in [5, 5.41) is 0. The molecule has 2 unspecified atom stereocenters. The first-order valence-electron chi connectivity index (χ1n) is 6.93. The van der Waals surface area contributed by atoms with Crippen molar-refractivity contribution in [1.82, 2.24) is 4.90 Å². The molecular formula is C15H21FN2O2. The standard InChI is InChI=1S/C15H21FN2O2/c1-20-9-8-18-14(19)7-3-6-13(17)15(18)11-4-2-5-12(16)10-11/h2,4-5,10,13,15H,3,6-9,17H2,1H3. The van der Waals surface area contributed by atoms with Gasteiger partial charge in [0.1, 0.15) is 5.82 Å². The predicted molar refractivity (Wildman–Crippen MR) is 74.6 cm³/mol. The number of halogens is 1. The van der Waals surface area contributed by atoms with Gasteiger partial charge in [-0.3, -0.25) is 4.79 Å². The van der Waals surface area contributed by atoms with Gasteiger partial charge in [0.25, 0.3) is 0 Å². The Morgan fingerprint density at radius 2 is 2.30 bits per heavy atom. The van der Waals surface area contributed by atoms with Crippen LogP contribution in [-0.2, 0) is 9.53 Å². The molecule has 0 saturated carbocycles. The molecule has 110 valence electrons. The lowest BCUT2D eigenvalue weighted by Crippen LogP contribution is -2.43. The highest BCUT2D eigenvalue weighted by Crippen LogP contribution is 2.30. The van der Waals surface area contributed by atoms with Gasteiger partial charge < -0.3 is 15.4 Å². The largest absolute Gasteiger partial charge is 0.383 e. The lowest BCUT2D eigenvalue weighted by Gasteiger charge is -2.33. The quantitative estimate of drug-likeness (QED) is 0.915. The fraction of sp³-hybridized carbons (Fsp3) is 0.533. The van der Waals surface area contributed by atoms with E-state index in [0.29, 0.717) is 19.6 Å². The molecule has 20 heavy (non-hydrogen) atoms. The number of rotatable bonds is 4. The SMILES string of the molecule is COCCN1C(=O)CCCC(N)C1c1cccc(F)c1. The Balaban J connectivity index is 2.32. The molecule has 1 saturated heterocycles. The highest BCUT2D eigenvalue weighted by molar-refractivity contribution is 5.77. The molecule has 1 aromatic carbocycles. The van der Waals surface area contributed by atoms with Crippen LogP contribution in [0.2, 0.25) is 0 Å². The molecule has 0 radical (unpaired) electrons. The predicted octanol–water partition coefficient (Wildman–Crippen LogP) is 1.85. The second kappa shape index (κ2) is 6.81. The first-order chi connectivity index (χ1) is 9.63. The lowest BCUT2D eigenvalue weighted by atomic mass is 9.96. The summed E-state index contributed by atoms with van der Waals surface area (Å²) in [7, 11) is 1.60. The number of ether oxygens (including phenoxy) is 1. The van der Waals surface area contributed by atoms with Crippen LogP contribution in [0.15, 0.2) is 24.3 Å². The van der Waals surface area contributed by atoms with E-state index >= 15 is 0 Å². The molecule has 1 heterocycles. The third kappa shape index (κ3) is 3.35. The zero-order chi connectivity index (χ0) is 14.5. The van der Waals surface area contributed by atoms with Crippen molar-refractivity contribution in [3.05, 3.63) is 35.6 Å². The van der Waals surface area contributed by atoms with Gasteiger partial charge in [-0.1, -0.05) is 12.1 Å². The Hall–Kier alpha value is -1.46. The summed E-state index contributed by atoms with van der Waals surface area (Å²) < 4.78 is 18.5. The number of hydrogen-bond donors (Lipinski definition) is 1. The van der Waals surface area contributed by atoms with Crippen molar-refractivity contribution < 1.29 is 13.9 Å². The normalized spacial score (nSPS) is 23.8. The zero-order valence-corrected chi connectivity index (χ0v) is 11.7. The summed E-state index contributed by atoms with van der Waals surface area (Å²) in [6.07, 6.45) is 2.02. The summed E-state index contributed by atoms with van der Waals surface area (Å²) >= 11 is 0. The van der Waals surface area contributed by atoms with Gasteiger partial charge in [0, 0.05) is 26.1 Å². The Morgan fingerprint density at radius 1 is 1.50 bits per heavy atom. The number of amides is 1. The second-order valence-electron chi connectivity index (χ2n) is 5.14. The number of methoxy groups -OCH3 is 1. The van der Waals surface area contributed by atoms with Crippen molar-refractivity contribution in [2.45, 2.75) is 31.3 Å². The van der Waals surface area contributed by atoms with Crippen molar-refractivity contribution >= 4 is 5.91 Å².